The van der Waals surface area contributed by atoms with Crippen LogP contribution in [-0.4, -0.2) is 72.1 Å². The number of rotatable bonds is 5. The molecule has 16 heavy (non-hydrogen) atoms. The van der Waals surface area contributed by atoms with Crippen molar-refractivity contribution in [2.24, 2.45) is 0 Å². The fraction of sp³-hybridized carbons (Fsp3) is 1.00. The van der Waals surface area contributed by atoms with Crippen LogP contribution in [0.4, 0.5) is 0 Å². The summed E-state index contributed by atoms with van der Waals surface area (Å²) in [5.41, 5.74) is 0. The van der Waals surface area contributed by atoms with Gasteiger partial charge in [-0.1, -0.05) is 19.3 Å². The molecule has 1 rings (SSSR count). The maximum absolute atomic E-state index is 10.5. The number of hydrogen-bond acceptors (Lipinski definition) is 4. The van der Waals surface area contributed by atoms with E-state index in [4.69, 9.17) is 4.55 Å². The number of nitrogens with one attached hydrogen (secondary N) is 1. The number of aliphatic hydroxyl groups excluding tert-OH is 1. The zero-order valence-electron chi connectivity index (χ0n) is 8.72. The zero-order valence-corrected chi connectivity index (χ0v) is 9.54. The third-order valence-corrected chi connectivity index (χ3v) is 3.46. The van der Waals surface area contributed by atoms with Gasteiger partial charge in [-0.2, -0.15) is 8.42 Å². The minimum absolute atomic E-state index is 0. The molecule has 1 unspecified atom stereocenters. The standard InChI is InChI=1S/C9H19NO4S.Na.H/c11-9(7-15(12,13)14)6-10-8-4-2-1-3-5-8;;/h8-11H,1-7H2,(H,12,13,14);;. The molecule has 1 atom stereocenters. The molecule has 0 aromatic heterocycles. The van der Waals surface area contributed by atoms with Gasteiger partial charge in [0.1, 0.15) is 5.75 Å². The topological polar surface area (TPSA) is 86.6 Å². The molecular formula is C9H20NNaO4S. The van der Waals surface area contributed by atoms with Gasteiger partial charge in [0, 0.05) is 12.6 Å². The van der Waals surface area contributed by atoms with Crippen LogP contribution in [0.5, 0.6) is 0 Å². The van der Waals surface area contributed by atoms with E-state index in [-0.39, 0.29) is 36.1 Å². The number of hydrogen-bond donors (Lipinski definition) is 3. The number of aliphatic hydroxyl groups is 1. The van der Waals surface area contributed by atoms with Gasteiger partial charge in [-0.3, -0.25) is 4.55 Å². The van der Waals surface area contributed by atoms with E-state index in [0.717, 1.165) is 12.8 Å². The molecule has 7 heteroatoms. The van der Waals surface area contributed by atoms with E-state index in [1.54, 1.807) is 0 Å². The molecule has 5 nitrogen and oxygen atoms in total. The van der Waals surface area contributed by atoms with Crippen LogP contribution in [0.1, 0.15) is 32.1 Å². The molecule has 0 aromatic rings. The third kappa shape index (κ3) is 8.00. The summed E-state index contributed by atoms with van der Waals surface area (Å²) in [5.74, 6) is -0.591. The Kier molecular flexibility index (Phi) is 8.44. The van der Waals surface area contributed by atoms with Crippen molar-refractivity contribution in [1.82, 2.24) is 5.32 Å². The van der Waals surface area contributed by atoms with E-state index >= 15 is 0 Å². The van der Waals surface area contributed by atoms with Crippen molar-refractivity contribution < 1.29 is 18.1 Å². The quantitative estimate of drug-likeness (QED) is 0.459. The molecule has 0 saturated heterocycles. The first kappa shape index (κ1) is 16.8. The molecule has 1 aliphatic rings. The summed E-state index contributed by atoms with van der Waals surface area (Å²) < 4.78 is 29.4. The SMILES string of the molecule is O=S(=O)(O)CC(O)CNC1CCCCC1.[NaH]. The molecule has 1 fully saturated rings. The van der Waals surface area contributed by atoms with Crippen LogP contribution in [0.2, 0.25) is 0 Å². The summed E-state index contributed by atoms with van der Waals surface area (Å²) >= 11 is 0. The van der Waals surface area contributed by atoms with E-state index in [2.05, 4.69) is 5.32 Å². The van der Waals surface area contributed by atoms with Gasteiger partial charge in [0.15, 0.2) is 0 Å². The van der Waals surface area contributed by atoms with Crippen LogP contribution in [0.15, 0.2) is 0 Å². The molecule has 0 amide bonds. The Bertz CT molecular complexity index is 277. The molecule has 1 saturated carbocycles. The summed E-state index contributed by atoms with van der Waals surface area (Å²) in [7, 11) is -4.07. The molecule has 0 radical (unpaired) electrons. The Morgan fingerprint density at radius 3 is 2.31 bits per heavy atom. The Balaban J connectivity index is 0.00000225. The van der Waals surface area contributed by atoms with E-state index in [9.17, 15) is 13.5 Å². The summed E-state index contributed by atoms with van der Waals surface area (Å²) in [5, 5.41) is 12.4. The molecule has 0 spiro atoms. The second-order valence-electron chi connectivity index (χ2n) is 4.15. The van der Waals surface area contributed by atoms with Gasteiger partial charge in [-0.15, -0.1) is 0 Å². The van der Waals surface area contributed by atoms with Gasteiger partial charge in [0.25, 0.3) is 10.1 Å². The molecule has 0 aromatic carbocycles. The van der Waals surface area contributed by atoms with Gasteiger partial charge in [0.05, 0.1) is 6.10 Å². The van der Waals surface area contributed by atoms with E-state index in [1.165, 1.54) is 19.3 Å². The van der Waals surface area contributed by atoms with E-state index in [0.29, 0.717) is 6.04 Å². The minimum atomic E-state index is -4.07. The van der Waals surface area contributed by atoms with Gasteiger partial charge in [-0.25, -0.2) is 0 Å². The average Bonchev–Trinajstić information content (AvgIpc) is 2.14. The second-order valence-corrected chi connectivity index (χ2v) is 5.64. The van der Waals surface area contributed by atoms with Crippen molar-refractivity contribution in [3.05, 3.63) is 0 Å². The molecule has 3 N–H and O–H groups in total. The first-order chi connectivity index (χ1) is 6.97. The molecule has 0 aliphatic heterocycles. The van der Waals surface area contributed by atoms with Crippen LogP contribution in [-0.2, 0) is 10.1 Å². The van der Waals surface area contributed by atoms with Crippen molar-refractivity contribution in [2.45, 2.75) is 44.2 Å². The summed E-state index contributed by atoms with van der Waals surface area (Å²) in [6, 6.07) is 0.384. The van der Waals surface area contributed by atoms with Gasteiger partial charge in [-0.05, 0) is 12.8 Å². The fourth-order valence-electron chi connectivity index (χ4n) is 1.91. The maximum atomic E-state index is 10.5. The van der Waals surface area contributed by atoms with Crippen LogP contribution < -0.4 is 5.32 Å². The van der Waals surface area contributed by atoms with Gasteiger partial charge < -0.3 is 10.4 Å². The van der Waals surface area contributed by atoms with Crippen molar-refractivity contribution >= 4 is 39.7 Å². The van der Waals surface area contributed by atoms with Crippen LogP contribution in [0, 0.1) is 0 Å². The average molecular weight is 261 g/mol. The summed E-state index contributed by atoms with van der Waals surface area (Å²) in [6.07, 6.45) is 4.77. The van der Waals surface area contributed by atoms with Crippen LogP contribution in [0.25, 0.3) is 0 Å². The van der Waals surface area contributed by atoms with Crippen LogP contribution in [0.3, 0.4) is 0 Å². The molecule has 0 bridgehead atoms. The Morgan fingerprint density at radius 2 is 1.81 bits per heavy atom. The Hall–Kier alpha value is 0.830. The first-order valence-electron chi connectivity index (χ1n) is 5.34. The molecular weight excluding hydrogens is 241 g/mol. The van der Waals surface area contributed by atoms with E-state index in [1.807, 2.05) is 0 Å². The summed E-state index contributed by atoms with van der Waals surface area (Å²) in [4.78, 5) is 0. The third-order valence-electron chi connectivity index (χ3n) is 2.65. The monoisotopic (exact) mass is 261 g/mol. The van der Waals surface area contributed by atoms with Gasteiger partial charge in [0.2, 0.25) is 0 Å². The Labute approximate surface area is 119 Å². The van der Waals surface area contributed by atoms with Crippen molar-refractivity contribution in [3.63, 3.8) is 0 Å². The molecule has 1 aliphatic carbocycles. The van der Waals surface area contributed by atoms with E-state index < -0.39 is 22.0 Å². The first-order valence-corrected chi connectivity index (χ1v) is 6.95. The van der Waals surface area contributed by atoms with Crippen molar-refractivity contribution in [2.75, 3.05) is 12.3 Å². The fourth-order valence-corrected chi connectivity index (χ4v) is 2.52. The van der Waals surface area contributed by atoms with Crippen molar-refractivity contribution in [3.8, 4) is 0 Å². The Morgan fingerprint density at radius 1 is 1.25 bits per heavy atom. The van der Waals surface area contributed by atoms with Crippen LogP contribution >= 0.6 is 0 Å². The summed E-state index contributed by atoms with van der Waals surface area (Å²) in [6.45, 7) is 0.227. The zero-order chi connectivity index (χ0) is 11.3. The van der Waals surface area contributed by atoms with Crippen molar-refractivity contribution in [1.29, 1.82) is 0 Å². The normalized spacial score (nSPS) is 20.1. The molecule has 0 heterocycles. The van der Waals surface area contributed by atoms with Gasteiger partial charge >= 0.3 is 29.6 Å². The second kappa shape index (κ2) is 8.02. The predicted molar refractivity (Wildman–Crippen MR) is 64.4 cm³/mol. The predicted octanol–water partition coefficient (Wildman–Crippen LogP) is -0.491. The molecule has 92 valence electrons.